The summed E-state index contributed by atoms with van der Waals surface area (Å²) >= 11 is 0. The summed E-state index contributed by atoms with van der Waals surface area (Å²) in [6, 6.07) is 6.39. The zero-order valence-corrected chi connectivity index (χ0v) is 19.6. The summed E-state index contributed by atoms with van der Waals surface area (Å²) in [5, 5.41) is 1.66. The second-order valence-corrected chi connectivity index (χ2v) is 8.50. The number of ether oxygens (including phenoxy) is 2. The number of hydrogen-bond donors (Lipinski definition) is 3. The molecule has 3 heterocycles. The van der Waals surface area contributed by atoms with E-state index in [4.69, 9.17) is 10.5 Å². The number of halogens is 4. The summed E-state index contributed by atoms with van der Waals surface area (Å²) in [5.41, 5.74) is 12.9. The Balaban J connectivity index is 1.36. The quantitative estimate of drug-likeness (QED) is 0.470. The minimum atomic E-state index is -4.81. The first-order valence-corrected chi connectivity index (χ1v) is 11.2. The zero-order valence-electron chi connectivity index (χ0n) is 19.6. The van der Waals surface area contributed by atoms with Gasteiger partial charge in [0.25, 0.3) is 5.91 Å². The normalized spacial score (nSPS) is 19.8. The molecule has 0 saturated carbocycles. The van der Waals surface area contributed by atoms with Crippen molar-refractivity contribution in [1.82, 2.24) is 25.9 Å². The molecule has 0 bridgehead atoms. The topological polar surface area (TPSA) is 122 Å². The highest BCUT2D eigenvalue weighted by atomic mass is 19.4. The highest BCUT2D eigenvalue weighted by molar-refractivity contribution is 5.96. The van der Waals surface area contributed by atoms with Crippen LogP contribution in [0.2, 0.25) is 0 Å². The van der Waals surface area contributed by atoms with Crippen molar-refractivity contribution in [2.24, 2.45) is 5.73 Å². The van der Waals surface area contributed by atoms with Gasteiger partial charge in [-0.3, -0.25) is 14.6 Å². The van der Waals surface area contributed by atoms with Crippen molar-refractivity contribution >= 4 is 17.5 Å². The smallest absolute Gasteiger partial charge is 0.471 e. The van der Waals surface area contributed by atoms with Crippen molar-refractivity contribution in [2.75, 3.05) is 20.1 Å². The van der Waals surface area contributed by atoms with Gasteiger partial charge in [0, 0.05) is 38.0 Å². The fraction of sp³-hybridized carbons (Fsp3) is 0.348. The van der Waals surface area contributed by atoms with E-state index in [1.165, 1.54) is 29.3 Å². The third-order valence-corrected chi connectivity index (χ3v) is 5.73. The molecule has 0 aliphatic carbocycles. The first-order chi connectivity index (χ1) is 17.5. The number of hydrogen-bond acceptors (Lipinski definition) is 8. The van der Waals surface area contributed by atoms with E-state index < -0.39 is 30.3 Å². The molecule has 1 saturated heterocycles. The maximum atomic E-state index is 15.0. The maximum Gasteiger partial charge on any atom is 0.573 e. The Hall–Kier alpha value is -4.07. The standard InChI is InChI=1S/C23H24F4N6O4/c1-32-12-18(30-31-32)14-9-16(21(28)35)22(29-10-14)36-19-6-7-33(11-17(19)24)20(34)8-13-2-4-15(5-3-13)37-23(25,26)27/h2-5,9-10,12,17,19,30-31H,6-8,11H2,1H3,(H2,28,35)/t17-,19+/m0/s1. The molecule has 4 rings (SSSR count). The number of carbonyl (C=O) groups is 2. The number of nitrogens with zero attached hydrogens (tertiary/aromatic N) is 3. The number of benzene rings is 1. The largest absolute Gasteiger partial charge is 0.573 e. The lowest BCUT2D eigenvalue weighted by atomic mass is 10.0. The minimum Gasteiger partial charge on any atom is -0.471 e. The van der Waals surface area contributed by atoms with E-state index in [0.717, 1.165) is 12.1 Å². The van der Waals surface area contributed by atoms with Crippen molar-refractivity contribution in [3.8, 4) is 11.6 Å². The van der Waals surface area contributed by atoms with E-state index >= 15 is 0 Å². The summed E-state index contributed by atoms with van der Waals surface area (Å²) in [5.74, 6) is -1.69. The summed E-state index contributed by atoms with van der Waals surface area (Å²) in [6.45, 7) is -0.0739. The number of alkyl halides is 4. The number of hydrazine groups is 2. The SMILES string of the molecule is CN1C=C(c2cnc(O[C@@H]3CCN(C(=O)Cc4ccc(OC(F)(F)F)cc4)C[C@@H]3F)c(C(N)=O)c2)NN1. The molecule has 0 spiro atoms. The van der Waals surface area contributed by atoms with Crippen LogP contribution < -0.4 is 26.2 Å². The molecular weight excluding hydrogens is 500 g/mol. The predicted molar refractivity (Wildman–Crippen MR) is 122 cm³/mol. The van der Waals surface area contributed by atoms with Crippen molar-refractivity contribution < 1.29 is 36.6 Å². The highest BCUT2D eigenvalue weighted by Gasteiger charge is 2.34. The average molecular weight is 524 g/mol. The number of carbonyl (C=O) groups excluding carboxylic acids is 2. The lowest BCUT2D eigenvalue weighted by Crippen LogP contribution is -2.49. The molecule has 2 aliphatic heterocycles. The Kier molecular flexibility index (Phi) is 7.38. The number of aromatic nitrogens is 1. The predicted octanol–water partition coefficient (Wildman–Crippen LogP) is 1.89. The highest BCUT2D eigenvalue weighted by Crippen LogP contribution is 2.26. The van der Waals surface area contributed by atoms with Gasteiger partial charge in [-0.1, -0.05) is 12.1 Å². The van der Waals surface area contributed by atoms with Crippen LogP contribution in [0, 0.1) is 0 Å². The molecule has 2 amide bonds. The second-order valence-electron chi connectivity index (χ2n) is 8.50. The molecule has 1 aromatic heterocycles. The van der Waals surface area contributed by atoms with Gasteiger partial charge in [0.2, 0.25) is 11.8 Å². The fourth-order valence-electron chi connectivity index (χ4n) is 3.90. The molecule has 2 aliphatic rings. The Morgan fingerprint density at radius 3 is 2.57 bits per heavy atom. The van der Waals surface area contributed by atoms with Gasteiger partial charge in [-0.05, 0) is 23.8 Å². The Morgan fingerprint density at radius 1 is 1.24 bits per heavy atom. The van der Waals surface area contributed by atoms with Crippen LogP contribution in [0.4, 0.5) is 17.6 Å². The third-order valence-electron chi connectivity index (χ3n) is 5.73. The number of primary amides is 1. The molecule has 1 fully saturated rings. The van der Waals surface area contributed by atoms with Crippen LogP contribution in [-0.2, 0) is 11.2 Å². The van der Waals surface area contributed by atoms with Crippen LogP contribution >= 0.6 is 0 Å². The first-order valence-electron chi connectivity index (χ1n) is 11.2. The molecule has 1 aromatic carbocycles. The van der Waals surface area contributed by atoms with Crippen LogP contribution in [0.15, 0.2) is 42.7 Å². The van der Waals surface area contributed by atoms with Crippen LogP contribution in [0.3, 0.4) is 0 Å². The minimum absolute atomic E-state index is 0.0154. The molecule has 198 valence electrons. The van der Waals surface area contributed by atoms with Gasteiger partial charge in [-0.2, -0.15) is 0 Å². The zero-order chi connectivity index (χ0) is 26.7. The van der Waals surface area contributed by atoms with E-state index in [0.29, 0.717) is 16.8 Å². The molecule has 2 atom stereocenters. The molecule has 2 aromatic rings. The monoisotopic (exact) mass is 524 g/mol. The summed E-state index contributed by atoms with van der Waals surface area (Å²) in [7, 11) is 1.77. The van der Waals surface area contributed by atoms with Gasteiger partial charge >= 0.3 is 6.36 Å². The average Bonchev–Trinajstić information content (AvgIpc) is 3.27. The van der Waals surface area contributed by atoms with E-state index in [1.54, 1.807) is 18.3 Å². The van der Waals surface area contributed by atoms with Crippen molar-refractivity contribution in [1.29, 1.82) is 0 Å². The number of pyridine rings is 1. The van der Waals surface area contributed by atoms with Crippen LogP contribution in [0.1, 0.15) is 27.9 Å². The molecular formula is C23H24F4N6O4. The van der Waals surface area contributed by atoms with Gasteiger partial charge < -0.3 is 25.5 Å². The maximum absolute atomic E-state index is 15.0. The lowest BCUT2D eigenvalue weighted by Gasteiger charge is -2.34. The van der Waals surface area contributed by atoms with Crippen molar-refractivity contribution in [2.45, 2.75) is 31.5 Å². The van der Waals surface area contributed by atoms with Gasteiger partial charge in [-0.15, -0.1) is 18.7 Å². The Morgan fingerprint density at radius 2 is 1.97 bits per heavy atom. The molecule has 0 unspecified atom stereocenters. The van der Waals surface area contributed by atoms with E-state index in [9.17, 15) is 27.2 Å². The number of rotatable bonds is 7. The van der Waals surface area contributed by atoms with Crippen molar-refractivity contribution in [3.05, 3.63) is 59.4 Å². The van der Waals surface area contributed by atoms with Gasteiger partial charge in [0.1, 0.15) is 17.4 Å². The van der Waals surface area contributed by atoms with Gasteiger partial charge in [0.05, 0.1) is 18.7 Å². The van der Waals surface area contributed by atoms with E-state index in [2.05, 4.69) is 20.7 Å². The van der Waals surface area contributed by atoms with Crippen LogP contribution in [-0.4, -0.2) is 65.5 Å². The van der Waals surface area contributed by atoms with Gasteiger partial charge in [-0.25, -0.2) is 9.37 Å². The Labute approximate surface area is 208 Å². The molecule has 14 heteroatoms. The molecule has 4 N–H and O–H groups in total. The molecule has 0 radical (unpaired) electrons. The number of nitrogens with two attached hydrogens (primary N) is 1. The first kappa shape index (κ1) is 26.0. The fourth-order valence-corrected chi connectivity index (χ4v) is 3.90. The summed E-state index contributed by atoms with van der Waals surface area (Å²) < 4.78 is 61.4. The van der Waals surface area contributed by atoms with Gasteiger partial charge in [0.15, 0.2) is 6.17 Å². The molecule has 37 heavy (non-hydrogen) atoms. The third kappa shape index (κ3) is 6.58. The summed E-state index contributed by atoms with van der Waals surface area (Å²) in [6.07, 6.45) is -4.14. The van der Waals surface area contributed by atoms with E-state index in [1.807, 2.05) is 0 Å². The molecule has 10 nitrogen and oxygen atoms in total. The second kappa shape index (κ2) is 10.5. The van der Waals surface area contributed by atoms with Crippen LogP contribution in [0.25, 0.3) is 5.70 Å². The lowest BCUT2D eigenvalue weighted by molar-refractivity contribution is -0.274. The number of amides is 2. The van der Waals surface area contributed by atoms with Crippen LogP contribution in [0.5, 0.6) is 11.6 Å². The number of piperidine rings is 1. The number of likely N-dealkylation sites (tertiary alicyclic amines) is 1. The Bertz CT molecular complexity index is 1190. The van der Waals surface area contributed by atoms with E-state index in [-0.39, 0.29) is 43.3 Å². The summed E-state index contributed by atoms with van der Waals surface area (Å²) in [4.78, 5) is 30.1. The number of nitrogens with one attached hydrogen (secondary N) is 2. The van der Waals surface area contributed by atoms with Crippen molar-refractivity contribution in [3.63, 3.8) is 0 Å².